The van der Waals surface area contributed by atoms with Gasteiger partial charge in [0.15, 0.2) is 0 Å². The fraction of sp³-hybridized carbons (Fsp3) is 0.474. The molecule has 2 aliphatic rings. The summed E-state index contributed by atoms with van der Waals surface area (Å²) in [5.41, 5.74) is 1.60. The molecule has 0 atom stereocenters. The van der Waals surface area contributed by atoms with Gasteiger partial charge in [-0.25, -0.2) is 0 Å². The minimum Gasteiger partial charge on any atom is -0.378 e. The van der Waals surface area contributed by atoms with Crippen molar-refractivity contribution >= 4 is 54.6 Å². The minimum absolute atomic E-state index is 0.0141. The number of aromatic amines is 1. The number of nitrogens with one attached hydrogen (secondary N) is 1. The standard InChI is InChI=1S/C19H21Br2N3O3/c20-15-9-13-14(11-22-17(13)10-16(15)21)19(26)23-3-1-12(2-4-23)18(25)24-5-7-27-8-6-24/h9-12,22H,1-8H2. The number of carbonyl (C=O) groups excluding carboxylic acids is 2. The zero-order valence-corrected chi connectivity index (χ0v) is 18.0. The molecule has 6 nitrogen and oxygen atoms in total. The minimum atomic E-state index is 0.0141. The lowest BCUT2D eigenvalue weighted by molar-refractivity contribution is -0.141. The van der Waals surface area contributed by atoms with Crippen molar-refractivity contribution in [2.45, 2.75) is 12.8 Å². The predicted molar refractivity (Wildman–Crippen MR) is 110 cm³/mol. The number of likely N-dealkylation sites (tertiary alicyclic amines) is 1. The molecule has 2 fully saturated rings. The van der Waals surface area contributed by atoms with Gasteiger partial charge in [-0.1, -0.05) is 0 Å². The maximum atomic E-state index is 13.0. The molecule has 1 N–H and O–H groups in total. The fourth-order valence-corrected chi connectivity index (χ4v) is 4.52. The number of morpholine rings is 1. The summed E-state index contributed by atoms with van der Waals surface area (Å²) in [6.07, 6.45) is 3.22. The van der Waals surface area contributed by atoms with Crippen LogP contribution in [-0.4, -0.2) is 66.0 Å². The summed E-state index contributed by atoms with van der Waals surface area (Å²) in [6.45, 7) is 3.83. The summed E-state index contributed by atoms with van der Waals surface area (Å²) >= 11 is 6.99. The Morgan fingerprint density at radius 3 is 2.37 bits per heavy atom. The molecular weight excluding hydrogens is 478 g/mol. The summed E-state index contributed by atoms with van der Waals surface area (Å²) in [4.78, 5) is 32.6. The maximum Gasteiger partial charge on any atom is 0.256 e. The van der Waals surface area contributed by atoms with Crippen molar-refractivity contribution in [3.05, 3.63) is 32.8 Å². The van der Waals surface area contributed by atoms with Crippen molar-refractivity contribution in [2.24, 2.45) is 5.92 Å². The van der Waals surface area contributed by atoms with E-state index in [4.69, 9.17) is 4.74 Å². The highest BCUT2D eigenvalue weighted by atomic mass is 79.9. The van der Waals surface area contributed by atoms with Crippen LogP contribution < -0.4 is 0 Å². The lowest BCUT2D eigenvalue weighted by Gasteiger charge is -2.35. The summed E-state index contributed by atoms with van der Waals surface area (Å²) in [7, 11) is 0. The van der Waals surface area contributed by atoms with Gasteiger partial charge in [-0.15, -0.1) is 0 Å². The van der Waals surface area contributed by atoms with E-state index >= 15 is 0 Å². The van der Waals surface area contributed by atoms with Gasteiger partial charge in [0.2, 0.25) is 5.91 Å². The Kier molecular flexibility index (Phi) is 5.57. The number of rotatable bonds is 2. The molecule has 2 amide bonds. The molecule has 4 rings (SSSR count). The largest absolute Gasteiger partial charge is 0.378 e. The molecule has 0 spiro atoms. The molecule has 2 saturated heterocycles. The quantitative estimate of drug-likeness (QED) is 0.690. The molecule has 8 heteroatoms. The van der Waals surface area contributed by atoms with Crippen LogP contribution in [0.2, 0.25) is 0 Å². The Balaban J connectivity index is 1.43. The number of aromatic nitrogens is 1. The van der Waals surface area contributed by atoms with Crippen LogP contribution in [0, 0.1) is 5.92 Å². The van der Waals surface area contributed by atoms with Crippen molar-refractivity contribution in [1.82, 2.24) is 14.8 Å². The van der Waals surface area contributed by atoms with Crippen LogP contribution in [0.3, 0.4) is 0 Å². The topological polar surface area (TPSA) is 65.6 Å². The van der Waals surface area contributed by atoms with Gasteiger partial charge in [-0.3, -0.25) is 9.59 Å². The SMILES string of the molecule is O=C(c1c[nH]c2cc(Br)c(Br)cc12)N1CCC(C(=O)N2CCOCC2)CC1. The van der Waals surface area contributed by atoms with E-state index < -0.39 is 0 Å². The van der Waals surface area contributed by atoms with Crippen molar-refractivity contribution < 1.29 is 14.3 Å². The van der Waals surface area contributed by atoms with Crippen molar-refractivity contribution in [3.63, 3.8) is 0 Å². The van der Waals surface area contributed by atoms with Crippen molar-refractivity contribution in [1.29, 1.82) is 0 Å². The molecule has 2 aliphatic heterocycles. The molecule has 1 aromatic heterocycles. The van der Waals surface area contributed by atoms with E-state index in [1.165, 1.54) is 0 Å². The Labute approximate surface area is 174 Å². The van der Waals surface area contributed by atoms with E-state index in [2.05, 4.69) is 36.8 Å². The Morgan fingerprint density at radius 1 is 1.00 bits per heavy atom. The van der Waals surface area contributed by atoms with Gasteiger partial charge in [0.05, 0.1) is 18.8 Å². The first-order chi connectivity index (χ1) is 13.0. The van der Waals surface area contributed by atoms with E-state index in [1.54, 1.807) is 6.20 Å². The van der Waals surface area contributed by atoms with Gasteiger partial charge < -0.3 is 19.5 Å². The number of hydrogen-bond acceptors (Lipinski definition) is 3. The van der Waals surface area contributed by atoms with Gasteiger partial charge in [0.25, 0.3) is 5.91 Å². The number of H-pyrrole nitrogens is 1. The second-order valence-corrected chi connectivity index (χ2v) is 8.73. The van der Waals surface area contributed by atoms with E-state index in [0.717, 1.165) is 32.7 Å². The predicted octanol–water partition coefficient (Wildman–Crippen LogP) is 3.40. The average molecular weight is 499 g/mol. The van der Waals surface area contributed by atoms with Crippen molar-refractivity contribution in [2.75, 3.05) is 39.4 Å². The summed E-state index contributed by atoms with van der Waals surface area (Å²) in [5, 5.41) is 0.904. The lowest BCUT2D eigenvalue weighted by atomic mass is 9.94. The third-order valence-electron chi connectivity index (χ3n) is 5.41. The first kappa shape index (κ1) is 19.0. The molecule has 0 saturated carbocycles. The van der Waals surface area contributed by atoms with Gasteiger partial charge in [-0.2, -0.15) is 0 Å². The van der Waals surface area contributed by atoms with Crippen LogP contribution in [0.15, 0.2) is 27.3 Å². The first-order valence-electron chi connectivity index (χ1n) is 9.16. The highest BCUT2D eigenvalue weighted by Crippen LogP contribution is 2.31. The number of fused-ring (bicyclic) bond motifs is 1. The van der Waals surface area contributed by atoms with Crippen molar-refractivity contribution in [3.8, 4) is 0 Å². The number of hydrogen-bond donors (Lipinski definition) is 1. The highest BCUT2D eigenvalue weighted by molar-refractivity contribution is 9.13. The van der Waals surface area contributed by atoms with Gasteiger partial charge in [0.1, 0.15) is 0 Å². The van der Waals surface area contributed by atoms with E-state index in [0.29, 0.717) is 45.0 Å². The zero-order valence-electron chi connectivity index (χ0n) is 14.8. The highest BCUT2D eigenvalue weighted by Gasteiger charge is 2.31. The molecule has 144 valence electrons. The van der Waals surface area contributed by atoms with E-state index in [9.17, 15) is 9.59 Å². The lowest BCUT2D eigenvalue weighted by Crippen LogP contribution is -2.47. The normalized spacial score (nSPS) is 18.9. The summed E-state index contributed by atoms with van der Waals surface area (Å²) in [5.74, 6) is 0.249. The van der Waals surface area contributed by atoms with E-state index in [1.807, 2.05) is 21.9 Å². The summed E-state index contributed by atoms with van der Waals surface area (Å²) in [6, 6.07) is 3.92. The molecular formula is C19H21Br2N3O3. The molecule has 3 heterocycles. The number of carbonyl (C=O) groups is 2. The molecule has 27 heavy (non-hydrogen) atoms. The molecule has 0 radical (unpaired) electrons. The Morgan fingerprint density at radius 2 is 1.67 bits per heavy atom. The average Bonchev–Trinajstić information content (AvgIpc) is 3.10. The second kappa shape index (κ2) is 7.93. The van der Waals surface area contributed by atoms with Crippen LogP contribution in [0.1, 0.15) is 23.2 Å². The van der Waals surface area contributed by atoms with Crippen LogP contribution in [0.5, 0.6) is 0 Å². The number of amides is 2. The number of halogens is 2. The molecule has 0 aliphatic carbocycles. The molecule has 0 bridgehead atoms. The van der Waals surface area contributed by atoms with Gasteiger partial charge >= 0.3 is 0 Å². The second-order valence-electron chi connectivity index (χ2n) is 7.02. The van der Waals surface area contributed by atoms with Gasteiger partial charge in [-0.05, 0) is 56.8 Å². The molecule has 1 aromatic carbocycles. The van der Waals surface area contributed by atoms with Crippen LogP contribution in [0.4, 0.5) is 0 Å². The van der Waals surface area contributed by atoms with Crippen LogP contribution >= 0.6 is 31.9 Å². The Bertz CT molecular complexity index is 868. The van der Waals surface area contributed by atoms with E-state index in [-0.39, 0.29) is 17.7 Å². The zero-order chi connectivity index (χ0) is 19.0. The molecule has 0 unspecified atom stereocenters. The number of piperidine rings is 1. The number of benzene rings is 1. The van der Waals surface area contributed by atoms with Crippen LogP contribution in [0.25, 0.3) is 10.9 Å². The van der Waals surface area contributed by atoms with Crippen LogP contribution in [-0.2, 0) is 9.53 Å². The smallest absolute Gasteiger partial charge is 0.256 e. The fourth-order valence-electron chi connectivity index (χ4n) is 3.84. The number of ether oxygens (including phenoxy) is 1. The molecule has 2 aromatic rings. The van der Waals surface area contributed by atoms with Gasteiger partial charge in [0, 0.05) is 58.1 Å². The number of nitrogens with zero attached hydrogens (tertiary/aromatic N) is 2. The third-order valence-corrected chi connectivity index (χ3v) is 7.25. The summed E-state index contributed by atoms with van der Waals surface area (Å²) < 4.78 is 7.18. The third kappa shape index (κ3) is 3.79. The first-order valence-corrected chi connectivity index (χ1v) is 10.7. The maximum absolute atomic E-state index is 13.0. The Hall–Kier alpha value is -1.38. The monoisotopic (exact) mass is 497 g/mol.